The highest BCUT2D eigenvalue weighted by molar-refractivity contribution is 6.31. The molecule has 9 nitrogen and oxygen atoms in total. The molecule has 3 aliphatic rings. The molecule has 1 atom stereocenters. The summed E-state index contributed by atoms with van der Waals surface area (Å²) in [6, 6.07) is -0.167. The number of fused-ring (bicyclic) bond motifs is 3. The van der Waals surface area contributed by atoms with Crippen LogP contribution in [0.25, 0.3) is 0 Å². The quantitative estimate of drug-likeness (QED) is 0.427. The van der Waals surface area contributed by atoms with Crippen LogP contribution in [0.2, 0.25) is 5.15 Å². The molecule has 1 amide bonds. The van der Waals surface area contributed by atoms with E-state index in [1.807, 2.05) is 0 Å². The number of piperidine rings is 3. The number of rotatable bonds is 2. The third-order valence-corrected chi connectivity index (χ3v) is 4.82. The maximum atomic E-state index is 12.9. The molecular formula is C13H19ClN8O. The lowest BCUT2D eigenvalue weighted by Gasteiger charge is -2.48. The summed E-state index contributed by atoms with van der Waals surface area (Å²) in [6.07, 6.45) is 1.96. The minimum atomic E-state index is -0.567. The zero-order valence-electron chi connectivity index (χ0n) is 12.5. The summed E-state index contributed by atoms with van der Waals surface area (Å²) >= 11 is 5.84. The van der Waals surface area contributed by atoms with Gasteiger partial charge in [-0.15, -0.1) is 0 Å². The van der Waals surface area contributed by atoms with Gasteiger partial charge in [-0.05, 0) is 31.8 Å². The van der Waals surface area contributed by atoms with E-state index in [0.29, 0.717) is 12.5 Å². The summed E-state index contributed by atoms with van der Waals surface area (Å²) in [5.41, 5.74) is 16.8. The fourth-order valence-corrected chi connectivity index (χ4v) is 3.50. The highest BCUT2D eigenvalue weighted by Crippen LogP contribution is 2.32. The first-order chi connectivity index (χ1) is 10.9. The van der Waals surface area contributed by atoms with Crippen molar-refractivity contribution in [2.24, 2.45) is 11.7 Å². The maximum Gasteiger partial charge on any atom is 0.283 e. The van der Waals surface area contributed by atoms with E-state index in [0.717, 1.165) is 25.9 Å². The van der Waals surface area contributed by atoms with Gasteiger partial charge in [0.1, 0.15) is 0 Å². The van der Waals surface area contributed by atoms with Crippen molar-refractivity contribution >= 4 is 35.1 Å². The molecule has 124 valence electrons. The minimum absolute atomic E-state index is 0.0436. The number of nitrogen functional groups attached to an aromatic ring is 2. The molecule has 0 radical (unpaired) electrons. The molecular weight excluding hydrogens is 320 g/mol. The van der Waals surface area contributed by atoms with Crippen molar-refractivity contribution in [3.05, 3.63) is 10.8 Å². The number of halogens is 1. The Morgan fingerprint density at radius 3 is 2.43 bits per heavy atom. The number of carbonyl (C=O) groups excluding carboxylic acids is 1. The monoisotopic (exact) mass is 338 g/mol. The average Bonchev–Trinajstić information content (AvgIpc) is 2.52. The third kappa shape index (κ3) is 2.77. The highest BCUT2D eigenvalue weighted by atomic mass is 35.5. The van der Waals surface area contributed by atoms with E-state index in [4.69, 9.17) is 34.2 Å². The molecule has 0 aromatic carbocycles. The molecule has 4 rings (SSSR count). The van der Waals surface area contributed by atoms with Gasteiger partial charge in [0.25, 0.3) is 5.91 Å². The molecule has 23 heavy (non-hydrogen) atoms. The number of hydrogen-bond acceptors (Lipinski definition) is 7. The summed E-state index contributed by atoms with van der Waals surface area (Å²) < 4.78 is 0. The van der Waals surface area contributed by atoms with Gasteiger partial charge in [0.05, 0.1) is 6.04 Å². The van der Waals surface area contributed by atoms with Crippen LogP contribution in [0.1, 0.15) is 23.3 Å². The smallest absolute Gasteiger partial charge is 0.283 e. The predicted octanol–water partition coefficient (Wildman–Crippen LogP) is -0.276. The number of guanidine groups is 1. The summed E-state index contributed by atoms with van der Waals surface area (Å²) in [7, 11) is 0. The Balaban J connectivity index is 1.94. The van der Waals surface area contributed by atoms with Crippen LogP contribution in [0.4, 0.5) is 11.6 Å². The Morgan fingerprint density at radius 1 is 1.26 bits per heavy atom. The van der Waals surface area contributed by atoms with Crippen molar-refractivity contribution in [2.45, 2.75) is 18.9 Å². The standard InChI is InChI=1S/C13H19ClN8O/c14-9-11(16)20-10(15)8(19-9)12(23)22(13(17)18)7-5-21-3-1-6(7)2-4-21/h6-7H,1-5H2,(H3,17,18)(H4,15,16,20)/t7-/m0/s1. The number of nitrogens with zero attached hydrogens (tertiary/aromatic N) is 4. The SMILES string of the molecule is N=C(N)N(C(=O)c1nc(Cl)c(N)nc1N)[C@H]1CN2CCC1CC2. The second-order valence-corrected chi connectivity index (χ2v) is 6.26. The van der Waals surface area contributed by atoms with E-state index in [-0.39, 0.29) is 34.5 Å². The lowest BCUT2D eigenvalue weighted by molar-refractivity contribution is 0.0286. The topological polar surface area (TPSA) is 151 Å². The number of carbonyl (C=O) groups is 1. The Bertz CT molecular complexity index is 658. The van der Waals surface area contributed by atoms with Gasteiger partial charge < -0.3 is 22.1 Å². The van der Waals surface area contributed by atoms with Crippen molar-refractivity contribution in [3.8, 4) is 0 Å². The lowest BCUT2D eigenvalue weighted by Crippen LogP contribution is -2.61. The van der Waals surface area contributed by atoms with Crippen molar-refractivity contribution in [2.75, 3.05) is 31.1 Å². The molecule has 3 fully saturated rings. The van der Waals surface area contributed by atoms with Crippen LogP contribution in [0.3, 0.4) is 0 Å². The lowest BCUT2D eigenvalue weighted by atomic mass is 9.83. The van der Waals surface area contributed by atoms with Crippen LogP contribution in [0.15, 0.2) is 0 Å². The molecule has 2 bridgehead atoms. The van der Waals surface area contributed by atoms with E-state index in [1.54, 1.807) is 0 Å². The fourth-order valence-electron chi connectivity index (χ4n) is 3.38. The van der Waals surface area contributed by atoms with Crippen LogP contribution >= 0.6 is 11.6 Å². The maximum absolute atomic E-state index is 12.9. The van der Waals surface area contributed by atoms with Gasteiger partial charge in [-0.2, -0.15) is 0 Å². The van der Waals surface area contributed by atoms with Crippen molar-refractivity contribution in [1.29, 1.82) is 5.41 Å². The van der Waals surface area contributed by atoms with Gasteiger partial charge in [0.15, 0.2) is 28.4 Å². The summed E-state index contributed by atoms with van der Waals surface area (Å²) in [4.78, 5) is 24.1. The van der Waals surface area contributed by atoms with E-state index < -0.39 is 5.91 Å². The van der Waals surface area contributed by atoms with Gasteiger partial charge in [0.2, 0.25) is 0 Å². The molecule has 0 unspecified atom stereocenters. The van der Waals surface area contributed by atoms with Crippen LogP contribution in [0, 0.1) is 11.3 Å². The molecule has 0 saturated carbocycles. The first-order valence-electron chi connectivity index (χ1n) is 7.37. The average molecular weight is 339 g/mol. The molecule has 3 saturated heterocycles. The van der Waals surface area contributed by atoms with Crippen molar-refractivity contribution in [1.82, 2.24) is 19.8 Å². The second kappa shape index (κ2) is 5.82. The van der Waals surface area contributed by atoms with Crippen LogP contribution in [-0.4, -0.2) is 57.3 Å². The van der Waals surface area contributed by atoms with Crippen molar-refractivity contribution in [3.63, 3.8) is 0 Å². The number of amides is 1. The zero-order valence-corrected chi connectivity index (χ0v) is 13.3. The summed E-state index contributed by atoms with van der Waals surface area (Å²) in [5, 5.41) is 7.73. The number of nitrogens with two attached hydrogens (primary N) is 3. The van der Waals surface area contributed by atoms with Crippen LogP contribution in [-0.2, 0) is 0 Å². The fraction of sp³-hybridized carbons (Fsp3) is 0.538. The van der Waals surface area contributed by atoms with Gasteiger partial charge >= 0.3 is 0 Å². The Kier molecular flexibility index (Phi) is 3.99. The van der Waals surface area contributed by atoms with Gasteiger partial charge in [-0.25, -0.2) is 9.97 Å². The molecule has 1 aromatic heterocycles. The van der Waals surface area contributed by atoms with Gasteiger partial charge in [-0.3, -0.25) is 15.1 Å². The normalized spacial score (nSPS) is 26.0. The first kappa shape index (κ1) is 15.8. The molecule has 0 spiro atoms. The second-order valence-electron chi connectivity index (χ2n) is 5.90. The van der Waals surface area contributed by atoms with Gasteiger partial charge in [-0.1, -0.05) is 11.6 Å². The minimum Gasteiger partial charge on any atom is -0.382 e. The third-order valence-electron chi connectivity index (χ3n) is 4.54. The van der Waals surface area contributed by atoms with E-state index in [9.17, 15) is 4.79 Å². The largest absolute Gasteiger partial charge is 0.382 e. The molecule has 3 aliphatic heterocycles. The Hall–Kier alpha value is -2.13. The predicted molar refractivity (Wildman–Crippen MR) is 86.9 cm³/mol. The van der Waals surface area contributed by atoms with Gasteiger partial charge in [0, 0.05) is 6.54 Å². The van der Waals surface area contributed by atoms with E-state index in [2.05, 4.69) is 14.9 Å². The molecule has 0 aliphatic carbocycles. The molecule has 4 heterocycles. The number of anilines is 2. The van der Waals surface area contributed by atoms with Crippen LogP contribution in [0.5, 0.6) is 0 Å². The number of aromatic nitrogens is 2. The van der Waals surface area contributed by atoms with E-state index >= 15 is 0 Å². The zero-order chi connectivity index (χ0) is 16.7. The summed E-state index contributed by atoms with van der Waals surface area (Å²) in [6.45, 7) is 2.71. The molecule has 10 heteroatoms. The van der Waals surface area contributed by atoms with Crippen molar-refractivity contribution < 1.29 is 4.79 Å². The Labute approximate surface area is 138 Å². The molecule has 1 aromatic rings. The van der Waals surface area contributed by atoms with E-state index in [1.165, 1.54) is 4.90 Å². The van der Waals surface area contributed by atoms with Crippen LogP contribution < -0.4 is 17.2 Å². The Morgan fingerprint density at radius 2 is 1.91 bits per heavy atom. The first-order valence-corrected chi connectivity index (χ1v) is 7.74. The molecule has 7 N–H and O–H groups in total. The number of nitrogens with one attached hydrogen (secondary N) is 1. The summed E-state index contributed by atoms with van der Waals surface area (Å²) in [5.74, 6) is -0.750. The highest BCUT2D eigenvalue weighted by Gasteiger charge is 2.41. The number of hydrogen-bond donors (Lipinski definition) is 4.